The summed E-state index contributed by atoms with van der Waals surface area (Å²) < 4.78 is 0. The lowest BCUT2D eigenvalue weighted by molar-refractivity contribution is 0.276. The summed E-state index contributed by atoms with van der Waals surface area (Å²) >= 11 is 0. The van der Waals surface area contributed by atoms with Crippen molar-refractivity contribution in [3.05, 3.63) is 0 Å². The van der Waals surface area contributed by atoms with E-state index in [2.05, 4.69) is 21.0 Å². The number of hydrogen-bond acceptors (Lipinski definition) is 0. The van der Waals surface area contributed by atoms with Crippen molar-refractivity contribution in [2.45, 2.75) is 52.2 Å². The molecule has 0 bridgehead atoms. The zero-order chi connectivity index (χ0) is 8.10. The molecule has 2 atom stereocenters. The van der Waals surface area contributed by atoms with Crippen LogP contribution in [0, 0.1) is 11.8 Å². The van der Waals surface area contributed by atoms with E-state index in [-0.39, 0.29) is 0 Å². The van der Waals surface area contributed by atoms with E-state index in [1.165, 1.54) is 38.4 Å². The second-order valence-electron chi connectivity index (χ2n) is 4.12. The summed E-state index contributed by atoms with van der Waals surface area (Å²) in [4.78, 5) is 0. The quantitative estimate of drug-likeness (QED) is 0.542. The second kappa shape index (κ2) is 4.85. The Morgan fingerprint density at radius 2 is 2.18 bits per heavy atom. The Bertz CT molecular complexity index is 101. The molecule has 1 rings (SSSR count). The van der Waals surface area contributed by atoms with Crippen LogP contribution in [-0.4, -0.2) is 7.28 Å². The van der Waals surface area contributed by atoms with Crippen LogP contribution >= 0.6 is 0 Å². The zero-order valence-corrected chi connectivity index (χ0v) is 7.97. The van der Waals surface area contributed by atoms with E-state index in [9.17, 15) is 0 Å². The average Bonchev–Trinajstić information content (AvgIpc) is 2.01. The molecule has 0 aromatic carbocycles. The van der Waals surface area contributed by atoms with Gasteiger partial charge in [0.1, 0.15) is 7.28 Å². The minimum absolute atomic E-state index is 1.01. The van der Waals surface area contributed by atoms with Gasteiger partial charge in [0.25, 0.3) is 0 Å². The fourth-order valence-corrected chi connectivity index (χ4v) is 2.22. The summed E-state index contributed by atoms with van der Waals surface area (Å²) in [5.41, 5.74) is 0. The second-order valence-corrected chi connectivity index (χ2v) is 4.12. The summed E-state index contributed by atoms with van der Waals surface area (Å²) in [6.07, 6.45) is 8.73. The van der Waals surface area contributed by atoms with Crippen LogP contribution in [0.1, 0.15) is 39.0 Å². The molecule has 0 amide bonds. The van der Waals surface area contributed by atoms with Crippen molar-refractivity contribution in [2.24, 2.45) is 11.8 Å². The first-order valence-electron chi connectivity index (χ1n) is 5.10. The molecule has 1 saturated carbocycles. The predicted molar refractivity (Wildman–Crippen MR) is 52.2 cm³/mol. The molecule has 0 aliphatic heterocycles. The minimum Gasteiger partial charge on any atom is -0.0920 e. The molecule has 0 saturated heterocycles. The van der Waals surface area contributed by atoms with Gasteiger partial charge in [-0.1, -0.05) is 45.8 Å². The fourth-order valence-electron chi connectivity index (χ4n) is 2.22. The SMILES string of the molecule is C[B]CC[C@@H]1CCCC(C)C1. The van der Waals surface area contributed by atoms with Crippen LogP contribution in [0.15, 0.2) is 0 Å². The van der Waals surface area contributed by atoms with Crippen LogP contribution in [0.3, 0.4) is 0 Å². The van der Waals surface area contributed by atoms with Gasteiger partial charge in [-0.2, -0.15) is 0 Å². The fraction of sp³-hybridized carbons (Fsp3) is 1.00. The van der Waals surface area contributed by atoms with Crippen molar-refractivity contribution in [3.8, 4) is 0 Å². The smallest absolute Gasteiger partial charge is 0.0920 e. The van der Waals surface area contributed by atoms with Gasteiger partial charge in [0.05, 0.1) is 0 Å². The molecule has 1 fully saturated rings. The average molecular weight is 151 g/mol. The van der Waals surface area contributed by atoms with Gasteiger partial charge in [0, 0.05) is 0 Å². The molecule has 0 N–H and O–H groups in total. The van der Waals surface area contributed by atoms with Crippen LogP contribution < -0.4 is 0 Å². The van der Waals surface area contributed by atoms with Crippen molar-refractivity contribution in [1.29, 1.82) is 0 Å². The highest BCUT2D eigenvalue weighted by molar-refractivity contribution is 6.33. The van der Waals surface area contributed by atoms with E-state index in [0.717, 1.165) is 11.8 Å². The van der Waals surface area contributed by atoms with Crippen LogP contribution in [0.25, 0.3) is 0 Å². The monoisotopic (exact) mass is 151 g/mol. The first kappa shape index (κ1) is 9.16. The third-order valence-electron chi connectivity index (χ3n) is 2.91. The van der Waals surface area contributed by atoms with E-state index < -0.39 is 0 Å². The highest BCUT2D eigenvalue weighted by Crippen LogP contribution is 2.31. The lowest BCUT2D eigenvalue weighted by Crippen LogP contribution is -2.13. The van der Waals surface area contributed by atoms with Gasteiger partial charge in [-0.05, 0) is 18.3 Å². The summed E-state index contributed by atoms with van der Waals surface area (Å²) in [5, 5.41) is 0. The van der Waals surface area contributed by atoms with Gasteiger partial charge in [-0.3, -0.25) is 0 Å². The Hall–Kier alpha value is 0.0649. The predicted octanol–water partition coefficient (Wildman–Crippen LogP) is 3.37. The Labute approximate surface area is 72.0 Å². The van der Waals surface area contributed by atoms with E-state index >= 15 is 0 Å². The molecule has 1 radical (unpaired) electrons. The molecule has 0 aromatic heterocycles. The van der Waals surface area contributed by atoms with Gasteiger partial charge < -0.3 is 0 Å². The minimum atomic E-state index is 1.01. The molecule has 1 heteroatoms. The molecule has 63 valence electrons. The molecule has 1 aliphatic rings. The van der Waals surface area contributed by atoms with E-state index in [0.29, 0.717) is 0 Å². The molecule has 0 aromatic rings. The Morgan fingerprint density at radius 1 is 1.36 bits per heavy atom. The number of hydrogen-bond donors (Lipinski definition) is 0. The van der Waals surface area contributed by atoms with Crippen LogP contribution in [-0.2, 0) is 0 Å². The van der Waals surface area contributed by atoms with E-state index in [1.54, 1.807) is 0 Å². The van der Waals surface area contributed by atoms with Gasteiger partial charge in [-0.15, -0.1) is 0 Å². The highest BCUT2D eigenvalue weighted by atomic mass is 14.2. The van der Waals surface area contributed by atoms with Gasteiger partial charge in [-0.25, -0.2) is 0 Å². The van der Waals surface area contributed by atoms with Gasteiger partial charge in [0.2, 0.25) is 0 Å². The summed E-state index contributed by atoms with van der Waals surface area (Å²) in [6, 6.07) is 0. The molecule has 0 heterocycles. The topological polar surface area (TPSA) is 0 Å². The summed E-state index contributed by atoms with van der Waals surface area (Å²) in [5.74, 6) is 2.06. The van der Waals surface area contributed by atoms with Crippen molar-refractivity contribution in [3.63, 3.8) is 0 Å². The molecule has 11 heavy (non-hydrogen) atoms. The summed E-state index contributed by atoms with van der Waals surface area (Å²) in [7, 11) is 2.30. The van der Waals surface area contributed by atoms with E-state index in [1.807, 2.05) is 0 Å². The third kappa shape index (κ3) is 3.31. The lowest BCUT2D eigenvalue weighted by atomic mass is 9.71. The largest absolute Gasteiger partial charge is 0.105 e. The number of rotatable bonds is 3. The van der Waals surface area contributed by atoms with E-state index in [4.69, 9.17) is 0 Å². The van der Waals surface area contributed by atoms with Crippen molar-refractivity contribution in [1.82, 2.24) is 0 Å². The van der Waals surface area contributed by atoms with Crippen LogP contribution in [0.2, 0.25) is 13.1 Å². The standard InChI is InChI=1S/C10H20B/c1-9-4-3-5-10(8-9)6-7-11-2/h9-10H,3-8H2,1-2H3/t9?,10-/m0/s1. The van der Waals surface area contributed by atoms with Crippen molar-refractivity contribution < 1.29 is 0 Å². The highest BCUT2D eigenvalue weighted by Gasteiger charge is 2.17. The third-order valence-corrected chi connectivity index (χ3v) is 2.91. The molecule has 1 unspecified atom stereocenters. The molecule has 1 aliphatic carbocycles. The molecule has 0 spiro atoms. The van der Waals surface area contributed by atoms with Gasteiger partial charge in [0.15, 0.2) is 0 Å². The first-order valence-corrected chi connectivity index (χ1v) is 5.10. The maximum atomic E-state index is 2.40. The Morgan fingerprint density at radius 3 is 2.82 bits per heavy atom. The lowest BCUT2D eigenvalue weighted by Gasteiger charge is -2.26. The van der Waals surface area contributed by atoms with Crippen LogP contribution in [0.4, 0.5) is 0 Å². The Kier molecular flexibility index (Phi) is 4.03. The van der Waals surface area contributed by atoms with Crippen molar-refractivity contribution in [2.75, 3.05) is 0 Å². The molecule has 0 nitrogen and oxygen atoms in total. The van der Waals surface area contributed by atoms with Gasteiger partial charge >= 0.3 is 0 Å². The maximum Gasteiger partial charge on any atom is 0.105 e. The normalized spacial score (nSPS) is 31.8. The zero-order valence-electron chi connectivity index (χ0n) is 7.97. The molecular formula is C10H20B. The maximum absolute atomic E-state index is 2.40. The van der Waals surface area contributed by atoms with Crippen molar-refractivity contribution >= 4 is 7.28 Å². The first-order chi connectivity index (χ1) is 5.33. The Balaban J connectivity index is 2.12. The molecular weight excluding hydrogens is 131 g/mol. The van der Waals surface area contributed by atoms with Crippen LogP contribution in [0.5, 0.6) is 0 Å². The summed E-state index contributed by atoms with van der Waals surface area (Å²) in [6.45, 7) is 4.58.